The maximum atomic E-state index is 11.4. The van der Waals surface area contributed by atoms with Crippen LogP contribution in [0.15, 0.2) is 6.20 Å². The second-order valence-electron chi connectivity index (χ2n) is 4.31. The van der Waals surface area contributed by atoms with E-state index in [1.165, 1.54) is 0 Å². The average Bonchev–Trinajstić information content (AvgIpc) is 2.68. The fraction of sp³-hybridized carbons (Fsp3) is 0.750. The zero-order valence-corrected chi connectivity index (χ0v) is 11.6. The Morgan fingerprint density at radius 3 is 1.75 bits per heavy atom. The summed E-state index contributed by atoms with van der Waals surface area (Å²) in [6.45, 7) is 0. The Hall–Kier alpha value is -0.590. The normalized spacial score (nSPS) is 15.8. The van der Waals surface area contributed by atoms with Crippen LogP contribution in [0.3, 0.4) is 0 Å². The first-order valence-corrected chi connectivity index (χ1v) is 6.97. The van der Waals surface area contributed by atoms with Gasteiger partial charge in [0.1, 0.15) is 0 Å². The molecule has 1 aromatic rings. The van der Waals surface area contributed by atoms with Gasteiger partial charge in [0.2, 0.25) is 0 Å². The van der Waals surface area contributed by atoms with Crippen molar-refractivity contribution in [2.24, 2.45) is 0 Å². The molecule has 0 saturated carbocycles. The summed E-state index contributed by atoms with van der Waals surface area (Å²) in [5.74, 6) is 0. The monoisotopic (exact) mass is 248 g/mol. The average molecular weight is 248 g/mol. The summed E-state index contributed by atoms with van der Waals surface area (Å²) >= 11 is 0. The molecule has 1 heterocycles. The van der Waals surface area contributed by atoms with Crippen molar-refractivity contribution in [1.82, 2.24) is 29.4 Å². The van der Waals surface area contributed by atoms with Crippen molar-refractivity contribution >= 4 is 12.7 Å². The first kappa shape index (κ1) is 13.5. The van der Waals surface area contributed by atoms with E-state index in [9.17, 15) is 4.89 Å². The Labute approximate surface area is 96.2 Å². The van der Waals surface area contributed by atoms with Gasteiger partial charge in [-0.25, -0.2) is 0 Å². The summed E-state index contributed by atoms with van der Waals surface area (Å²) in [4.78, 5) is 11.4. The molecule has 0 aromatic carbocycles. The maximum absolute atomic E-state index is 11.4. The molecular weight excluding hydrogens is 227 g/mol. The van der Waals surface area contributed by atoms with Crippen LogP contribution in [-0.2, 0) is 0 Å². The van der Waals surface area contributed by atoms with Crippen LogP contribution in [0.25, 0.3) is 0 Å². The van der Waals surface area contributed by atoms with Gasteiger partial charge in [0.05, 0.1) is 0 Å². The number of hydrogen-bond acceptors (Lipinski definition) is 6. The second kappa shape index (κ2) is 4.01. The van der Waals surface area contributed by atoms with Gasteiger partial charge >= 0.3 is 95.5 Å². The summed E-state index contributed by atoms with van der Waals surface area (Å²) in [7, 11) is 7.49. The molecule has 0 fully saturated rings. The van der Waals surface area contributed by atoms with Crippen LogP contribution < -0.4 is 5.44 Å². The number of aromatic amines is 1. The van der Waals surface area contributed by atoms with Gasteiger partial charge in [0.15, 0.2) is 0 Å². The third-order valence-corrected chi connectivity index (χ3v) is 8.48. The molecule has 8 heteroatoms. The molecule has 0 aliphatic rings. The predicted octanol–water partition coefficient (Wildman–Crippen LogP) is -0.680. The molecular formula is C8H21N6OP. The van der Waals surface area contributed by atoms with E-state index >= 15 is 0 Å². The fourth-order valence-corrected chi connectivity index (χ4v) is 5.94. The molecule has 0 amide bonds. The second-order valence-corrected chi connectivity index (χ2v) is 9.04. The number of H-pyrrole nitrogens is 1. The van der Waals surface area contributed by atoms with Gasteiger partial charge in [-0.15, -0.1) is 0 Å². The van der Waals surface area contributed by atoms with Crippen molar-refractivity contribution in [1.29, 1.82) is 0 Å². The number of aromatic nitrogens is 3. The molecule has 7 nitrogen and oxygen atoms in total. The molecule has 0 atom stereocenters. The van der Waals surface area contributed by atoms with E-state index < -0.39 is 7.28 Å². The van der Waals surface area contributed by atoms with E-state index in [0.717, 1.165) is 0 Å². The van der Waals surface area contributed by atoms with E-state index in [2.05, 4.69) is 15.4 Å². The molecule has 0 aliphatic carbocycles. The van der Waals surface area contributed by atoms with E-state index in [0.29, 0.717) is 5.44 Å². The van der Waals surface area contributed by atoms with Crippen LogP contribution in [0.4, 0.5) is 0 Å². The van der Waals surface area contributed by atoms with Crippen molar-refractivity contribution in [3.05, 3.63) is 6.20 Å². The molecule has 0 saturated heterocycles. The fourth-order valence-electron chi connectivity index (χ4n) is 2.08. The molecule has 0 unspecified atom stereocenters. The SMILES string of the molecule is CN(C)P(O)(c1cn[nH]n1)(N(C)C)N(C)C. The predicted molar refractivity (Wildman–Crippen MR) is 66.2 cm³/mol. The van der Waals surface area contributed by atoms with Crippen molar-refractivity contribution in [3.63, 3.8) is 0 Å². The van der Waals surface area contributed by atoms with Gasteiger partial charge in [0, 0.05) is 0 Å². The van der Waals surface area contributed by atoms with Gasteiger partial charge in [-0.1, -0.05) is 0 Å². The van der Waals surface area contributed by atoms with E-state index in [-0.39, 0.29) is 0 Å². The summed E-state index contributed by atoms with van der Waals surface area (Å²) in [5.41, 5.74) is 0.547. The van der Waals surface area contributed by atoms with E-state index in [1.54, 1.807) is 6.20 Å². The van der Waals surface area contributed by atoms with Gasteiger partial charge in [-0.3, -0.25) is 0 Å². The Kier molecular flexibility index (Phi) is 3.38. The molecule has 2 N–H and O–H groups in total. The van der Waals surface area contributed by atoms with E-state index in [4.69, 9.17) is 0 Å². The Balaban J connectivity index is 3.54. The zero-order valence-electron chi connectivity index (χ0n) is 10.7. The van der Waals surface area contributed by atoms with Gasteiger partial charge in [0.25, 0.3) is 0 Å². The Bertz CT molecular complexity index is 325. The minimum atomic E-state index is -3.55. The van der Waals surface area contributed by atoms with Crippen LogP contribution in [0.5, 0.6) is 0 Å². The van der Waals surface area contributed by atoms with Crippen molar-refractivity contribution in [2.75, 3.05) is 42.3 Å². The van der Waals surface area contributed by atoms with E-state index in [1.807, 2.05) is 56.3 Å². The Morgan fingerprint density at radius 2 is 1.50 bits per heavy atom. The summed E-state index contributed by atoms with van der Waals surface area (Å²) in [5, 5.41) is 10.4. The minimum absolute atomic E-state index is 0.547. The number of rotatable bonds is 4. The third-order valence-electron chi connectivity index (χ3n) is 3.02. The van der Waals surface area contributed by atoms with Crippen LogP contribution in [0, 0.1) is 0 Å². The quantitative estimate of drug-likeness (QED) is 0.688. The number of nitrogens with zero attached hydrogens (tertiary/aromatic N) is 5. The van der Waals surface area contributed by atoms with Crippen molar-refractivity contribution in [2.45, 2.75) is 0 Å². The number of nitrogens with one attached hydrogen (secondary N) is 1. The standard InChI is InChI=1S/C8H21N6OP/c1-12(2)16(15,13(3)4,14(5)6)8-7-9-11-10-8/h7,15H,1-6H3,(H,9,10,11). The topological polar surface area (TPSA) is 71.5 Å². The summed E-state index contributed by atoms with van der Waals surface area (Å²) in [6, 6.07) is 0. The van der Waals surface area contributed by atoms with Crippen LogP contribution in [0.1, 0.15) is 0 Å². The number of hydrogen-bond donors (Lipinski definition) is 2. The zero-order chi connectivity index (χ0) is 12.6. The molecule has 0 radical (unpaired) electrons. The molecule has 94 valence electrons. The van der Waals surface area contributed by atoms with Crippen LogP contribution >= 0.6 is 7.28 Å². The van der Waals surface area contributed by atoms with Gasteiger partial charge in [-0.2, -0.15) is 0 Å². The molecule has 16 heavy (non-hydrogen) atoms. The van der Waals surface area contributed by atoms with Crippen LogP contribution in [-0.4, -0.2) is 76.6 Å². The Morgan fingerprint density at radius 1 is 1.06 bits per heavy atom. The molecule has 1 aromatic heterocycles. The van der Waals surface area contributed by atoms with Crippen molar-refractivity contribution in [3.8, 4) is 0 Å². The van der Waals surface area contributed by atoms with Gasteiger partial charge < -0.3 is 0 Å². The summed E-state index contributed by atoms with van der Waals surface area (Å²) in [6.07, 6.45) is 1.57. The van der Waals surface area contributed by atoms with Crippen molar-refractivity contribution < 1.29 is 4.89 Å². The molecule has 0 bridgehead atoms. The van der Waals surface area contributed by atoms with Crippen LogP contribution in [0.2, 0.25) is 0 Å². The third kappa shape index (κ3) is 1.40. The molecule has 0 spiro atoms. The van der Waals surface area contributed by atoms with Gasteiger partial charge in [-0.05, 0) is 0 Å². The first-order chi connectivity index (χ1) is 7.26. The summed E-state index contributed by atoms with van der Waals surface area (Å²) < 4.78 is 5.43. The molecule has 0 aliphatic heterocycles. The molecule has 1 rings (SSSR count). The first-order valence-electron chi connectivity index (χ1n) is 4.92.